The van der Waals surface area contributed by atoms with E-state index in [0.29, 0.717) is 5.56 Å². The van der Waals surface area contributed by atoms with Gasteiger partial charge in [0.15, 0.2) is 6.23 Å². The van der Waals surface area contributed by atoms with Gasteiger partial charge in [0.05, 0.1) is 36.7 Å². The van der Waals surface area contributed by atoms with Gasteiger partial charge in [-0.05, 0) is 24.6 Å². The number of carbonyl (C=O) groups is 6. The van der Waals surface area contributed by atoms with Crippen molar-refractivity contribution in [1.82, 2.24) is 31.1 Å². The number of aromatic hydroxyl groups is 1. The molecule has 21 nitrogen and oxygen atoms in total. The summed E-state index contributed by atoms with van der Waals surface area (Å²) in [6.07, 6.45) is -12.0. The zero-order chi connectivity index (χ0) is 40.2. The number of fused-ring (bicyclic) bond motifs is 2. The molecule has 4 rings (SSSR count). The minimum Gasteiger partial charge on any atom is -0.508 e. The van der Waals surface area contributed by atoms with E-state index in [0.717, 1.165) is 16.7 Å². The Morgan fingerprint density at radius 3 is 2.09 bits per heavy atom. The SMILES string of the molecule is C[C@@H](O)[C@@H]1NC(=O)C(=N)CC(O)C(O)NC(=O)[C@@H]2[C@@H](O)[C@@H](C)CN2C(=O)[C@H](CO)NC(=O)[C@H]([C@H](O)Cc2ccc(O)cc2)NC(=O)[C@@H]2C[C@@H](O)CN2C1=O. The van der Waals surface area contributed by atoms with Crippen LogP contribution >= 0.6 is 0 Å². The number of nitrogens with zero attached hydrogens (tertiary/aromatic N) is 2. The quantitative estimate of drug-likeness (QED) is 0.133. The van der Waals surface area contributed by atoms with Gasteiger partial charge in [0, 0.05) is 38.3 Å². The van der Waals surface area contributed by atoms with Crippen LogP contribution in [0.2, 0.25) is 0 Å². The maximum Gasteiger partial charge on any atom is 0.265 e. The molecule has 13 N–H and O–H groups in total. The number of amides is 6. The second-order valence-corrected chi connectivity index (χ2v) is 13.9. The summed E-state index contributed by atoms with van der Waals surface area (Å²) >= 11 is 0. The van der Waals surface area contributed by atoms with Gasteiger partial charge >= 0.3 is 0 Å². The summed E-state index contributed by atoms with van der Waals surface area (Å²) in [7, 11) is 0. The highest BCUT2D eigenvalue weighted by Gasteiger charge is 2.49. The first-order valence-corrected chi connectivity index (χ1v) is 17.2. The molecule has 298 valence electrons. The number of aliphatic hydroxyl groups is 7. The normalized spacial score (nSPS) is 33.5. The molecule has 1 aromatic carbocycles. The Labute approximate surface area is 308 Å². The molecule has 21 heteroatoms. The molecule has 3 aliphatic heterocycles. The number of carbonyl (C=O) groups excluding carboxylic acids is 6. The van der Waals surface area contributed by atoms with Crippen molar-refractivity contribution < 1.29 is 69.6 Å². The number of aliphatic hydroxyl groups excluding tert-OH is 7. The van der Waals surface area contributed by atoms with E-state index in [-0.39, 0.29) is 18.7 Å². The van der Waals surface area contributed by atoms with E-state index >= 15 is 0 Å². The van der Waals surface area contributed by atoms with Crippen LogP contribution in [-0.2, 0) is 35.2 Å². The van der Waals surface area contributed by atoms with Crippen molar-refractivity contribution in [3.8, 4) is 5.75 Å². The smallest absolute Gasteiger partial charge is 0.265 e. The molecule has 0 spiro atoms. The molecule has 0 radical (unpaired) electrons. The topological polar surface area (TPSA) is 343 Å². The highest BCUT2D eigenvalue weighted by atomic mass is 16.3. The second-order valence-electron chi connectivity index (χ2n) is 13.9. The number of nitrogens with one attached hydrogen (secondary N) is 5. The number of benzene rings is 1. The van der Waals surface area contributed by atoms with Gasteiger partial charge in [-0.25, -0.2) is 0 Å². The second kappa shape index (κ2) is 17.6. The van der Waals surface area contributed by atoms with Crippen LogP contribution in [0.15, 0.2) is 24.3 Å². The van der Waals surface area contributed by atoms with E-state index < -0.39 is 140 Å². The summed E-state index contributed by atoms with van der Waals surface area (Å²) < 4.78 is 0. The van der Waals surface area contributed by atoms with E-state index in [1.54, 1.807) is 0 Å². The monoisotopic (exact) mass is 765 g/mol. The van der Waals surface area contributed by atoms with Gasteiger partial charge < -0.3 is 71.9 Å². The molecule has 0 aromatic heterocycles. The van der Waals surface area contributed by atoms with E-state index in [1.807, 2.05) is 5.32 Å². The van der Waals surface area contributed by atoms with Crippen LogP contribution in [0.1, 0.15) is 32.3 Å². The van der Waals surface area contributed by atoms with Gasteiger partial charge in [-0.3, -0.25) is 34.2 Å². The Morgan fingerprint density at radius 1 is 0.833 bits per heavy atom. The van der Waals surface area contributed by atoms with Crippen molar-refractivity contribution in [2.75, 3.05) is 19.7 Å². The molecule has 3 fully saturated rings. The summed E-state index contributed by atoms with van der Waals surface area (Å²) in [5, 5.41) is 101. The first kappa shape index (κ1) is 42.0. The fraction of sp³-hybridized carbons (Fsp3) is 0.606. The average molecular weight is 766 g/mol. The molecule has 3 heterocycles. The third-order valence-electron chi connectivity index (χ3n) is 9.66. The van der Waals surface area contributed by atoms with Crippen LogP contribution in [0.5, 0.6) is 5.75 Å². The number of hydrogen-bond acceptors (Lipinski definition) is 15. The molecule has 1 aromatic rings. The molecule has 6 amide bonds. The molecular weight excluding hydrogens is 718 g/mol. The molecule has 12 atom stereocenters. The van der Waals surface area contributed by atoms with Crippen molar-refractivity contribution in [2.45, 2.75) is 100 Å². The van der Waals surface area contributed by atoms with Gasteiger partial charge in [-0.2, -0.15) is 0 Å². The number of phenolic OH excluding ortho intramolecular Hbond substituents is 1. The summed E-state index contributed by atoms with van der Waals surface area (Å²) in [6.45, 7) is 0.768. The lowest BCUT2D eigenvalue weighted by atomic mass is 10.00. The summed E-state index contributed by atoms with van der Waals surface area (Å²) in [5.74, 6) is -7.82. The van der Waals surface area contributed by atoms with Gasteiger partial charge in [-0.1, -0.05) is 19.1 Å². The van der Waals surface area contributed by atoms with Crippen molar-refractivity contribution in [1.29, 1.82) is 5.41 Å². The lowest BCUT2D eigenvalue weighted by Crippen LogP contribution is -2.63. The Hall–Kier alpha value is -4.77. The van der Waals surface area contributed by atoms with E-state index in [4.69, 9.17) is 5.41 Å². The molecule has 0 saturated carbocycles. The van der Waals surface area contributed by atoms with Crippen molar-refractivity contribution in [3.05, 3.63) is 29.8 Å². The highest BCUT2D eigenvalue weighted by Crippen LogP contribution is 2.26. The van der Waals surface area contributed by atoms with E-state index in [2.05, 4.69) is 16.0 Å². The Kier molecular flexibility index (Phi) is 13.7. The van der Waals surface area contributed by atoms with Crippen molar-refractivity contribution in [2.24, 2.45) is 5.92 Å². The van der Waals surface area contributed by atoms with Crippen molar-refractivity contribution in [3.63, 3.8) is 0 Å². The molecule has 0 bridgehead atoms. The zero-order valence-electron chi connectivity index (χ0n) is 29.4. The fourth-order valence-electron chi connectivity index (χ4n) is 6.62. The Balaban J connectivity index is 1.75. The minimum absolute atomic E-state index is 0.103. The standard InChI is InChI=1S/C33H47N7O14/c1-13-10-40-25(26(13)47)31(52)38-29(50)22(46)9-18(34)27(48)36-23(14(2)42)33(54)39-11-17(44)8-20(39)28(49)37-24(30(51)35-19(12-41)32(40)53)21(45)7-15-3-5-16(43)6-4-15/h3-6,13-14,17,19-26,29,34,41-47,50H,7-12H2,1-2H3,(H,35,51)(H,36,48)(H,37,49)(H,38,52)/t13-,14+,17+,19-,20-,21+,22?,23-,24-,25-,26-,29?/m0/s1. The molecular formula is C33H47N7O14. The Morgan fingerprint density at radius 2 is 1.48 bits per heavy atom. The molecule has 0 aliphatic carbocycles. The predicted molar refractivity (Wildman–Crippen MR) is 182 cm³/mol. The predicted octanol–water partition coefficient (Wildman–Crippen LogP) is -6.49. The van der Waals surface area contributed by atoms with Gasteiger partial charge in [0.25, 0.3) is 5.91 Å². The van der Waals surface area contributed by atoms with E-state index in [1.165, 1.54) is 31.2 Å². The lowest BCUT2D eigenvalue weighted by molar-refractivity contribution is -0.147. The maximum absolute atomic E-state index is 13.8. The van der Waals surface area contributed by atoms with Gasteiger partial charge in [0.2, 0.25) is 29.5 Å². The number of hydrogen-bond donors (Lipinski definition) is 13. The van der Waals surface area contributed by atoms with Gasteiger partial charge in [0.1, 0.15) is 42.1 Å². The maximum atomic E-state index is 13.8. The van der Waals surface area contributed by atoms with Crippen LogP contribution in [0.4, 0.5) is 0 Å². The van der Waals surface area contributed by atoms with Crippen LogP contribution in [0, 0.1) is 11.3 Å². The van der Waals surface area contributed by atoms with Gasteiger partial charge in [-0.15, -0.1) is 0 Å². The first-order chi connectivity index (χ1) is 25.3. The average Bonchev–Trinajstić information content (AvgIpc) is 3.66. The summed E-state index contributed by atoms with van der Waals surface area (Å²) in [5.41, 5.74) is -0.530. The molecule has 3 aliphatic rings. The molecule has 3 saturated heterocycles. The fourth-order valence-corrected chi connectivity index (χ4v) is 6.62. The first-order valence-electron chi connectivity index (χ1n) is 17.2. The van der Waals surface area contributed by atoms with Crippen LogP contribution in [0.25, 0.3) is 0 Å². The Bertz CT molecular complexity index is 1590. The summed E-state index contributed by atoms with van der Waals surface area (Å²) in [6, 6.07) is -3.39. The highest BCUT2D eigenvalue weighted by molar-refractivity contribution is 6.38. The van der Waals surface area contributed by atoms with Crippen LogP contribution in [-0.4, -0.2) is 178 Å². The minimum atomic E-state index is -2.16. The number of rotatable bonds is 5. The number of phenols is 1. The van der Waals surface area contributed by atoms with Crippen molar-refractivity contribution >= 4 is 41.2 Å². The largest absolute Gasteiger partial charge is 0.508 e. The van der Waals surface area contributed by atoms with Crippen LogP contribution < -0.4 is 21.3 Å². The third-order valence-corrected chi connectivity index (χ3v) is 9.66. The summed E-state index contributed by atoms with van der Waals surface area (Å²) in [4.78, 5) is 83.0. The van der Waals surface area contributed by atoms with E-state index in [9.17, 15) is 69.6 Å². The third kappa shape index (κ3) is 9.47. The molecule has 54 heavy (non-hydrogen) atoms. The van der Waals surface area contributed by atoms with Crippen LogP contribution in [0.3, 0.4) is 0 Å². The zero-order valence-corrected chi connectivity index (χ0v) is 29.4. The molecule has 2 unspecified atom stereocenters. The lowest BCUT2D eigenvalue weighted by Gasteiger charge is -2.32.